The largest absolute Gasteiger partial charge is 0.481 e. The number of rotatable bonds is 8. The summed E-state index contributed by atoms with van der Waals surface area (Å²) in [6, 6.07) is 5.63. The van der Waals surface area contributed by atoms with Crippen LogP contribution >= 0.6 is 0 Å². The molecule has 1 atom stereocenters. The van der Waals surface area contributed by atoms with Gasteiger partial charge in [-0.1, -0.05) is 12.1 Å². The predicted octanol–water partition coefficient (Wildman–Crippen LogP) is 2.02. The van der Waals surface area contributed by atoms with Gasteiger partial charge in [0.2, 0.25) is 6.86 Å². The first-order valence-corrected chi connectivity index (χ1v) is 5.29. The summed E-state index contributed by atoms with van der Waals surface area (Å²) in [4.78, 5) is 22.1. The number of ketones is 1. The van der Waals surface area contributed by atoms with Gasteiger partial charge in [-0.2, -0.15) is 0 Å². The maximum Gasteiger partial charge on any atom is 0.310 e. The SMILES string of the molecule is O=C(O)CC(=O)C(OCF)c1cccc(OCF)c1. The molecule has 1 rings (SSSR count). The van der Waals surface area contributed by atoms with Crippen LogP contribution < -0.4 is 4.74 Å². The molecule has 0 spiro atoms. The van der Waals surface area contributed by atoms with Gasteiger partial charge in [0.25, 0.3) is 0 Å². The van der Waals surface area contributed by atoms with E-state index in [4.69, 9.17) is 5.11 Å². The number of benzene rings is 1. The summed E-state index contributed by atoms with van der Waals surface area (Å²) in [6.45, 7) is -2.30. The fourth-order valence-corrected chi connectivity index (χ4v) is 1.51. The lowest BCUT2D eigenvalue weighted by atomic mass is 10.0. The van der Waals surface area contributed by atoms with Gasteiger partial charge in [-0.05, 0) is 17.7 Å². The average molecular weight is 274 g/mol. The number of hydrogen-bond acceptors (Lipinski definition) is 4. The molecule has 1 unspecified atom stereocenters. The number of carbonyl (C=O) groups excluding carboxylic acids is 1. The van der Waals surface area contributed by atoms with Crippen molar-refractivity contribution in [3.8, 4) is 5.75 Å². The second-order valence-electron chi connectivity index (χ2n) is 3.52. The molecule has 0 saturated heterocycles. The normalized spacial score (nSPS) is 11.9. The Morgan fingerprint density at radius 1 is 1.26 bits per heavy atom. The van der Waals surface area contributed by atoms with Gasteiger partial charge < -0.3 is 14.6 Å². The van der Waals surface area contributed by atoms with E-state index in [0.29, 0.717) is 0 Å². The minimum Gasteiger partial charge on any atom is -0.481 e. The molecule has 0 aromatic heterocycles. The molecule has 104 valence electrons. The van der Waals surface area contributed by atoms with E-state index in [2.05, 4.69) is 9.47 Å². The van der Waals surface area contributed by atoms with E-state index in [1.807, 2.05) is 0 Å². The van der Waals surface area contributed by atoms with Crippen molar-refractivity contribution in [1.29, 1.82) is 0 Å². The molecule has 0 radical (unpaired) electrons. The summed E-state index contributed by atoms with van der Waals surface area (Å²) in [5.74, 6) is -2.01. The first kappa shape index (κ1) is 15.0. The van der Waals surface area contributed by atoms with Crippen LogP contribution in [0.5, 0.6) is 5.75 Å². The third kappa shape index (κ3) is 4.63. The van der Waals surface area contributed by atoms with E-state index < -0.39 is 38.0 Å². The molecule has 0 aliphatic rings. The van der Waals surface area contributed by atoms with Crippen molar-refractivity contribution in [2.24, 2.45) is 0 Å². The van der Waals surface area contributed by atoms with E-state index in [-0.39, 0.29) is 11.3 Å². The highest BCUT2D eigenvalue weighted by Gasteiger charge is 2.24. The monoisotopic (exact) mass is 274 g/mol. The van der Waals surface area contributed by atoms with Crippen LogP contribution in [0.1, 0.15) is 18.1 Å². The number of Topliss-reactive ketones (excluding diaryl/α,β-unsaturated/α-hetero) is 1. The van der Waals surface area contributed by atoms with E-state index in [1.165, 1.54) is 24.3 Å². The third-order valence-corrected chi connectivity index (χ3v) is 2.23. The Bertz CT molecular complexity index is 450. The van der Waals surface area contributed by atoms with Crippen LogP contribution in [-0.2, 0) is 14.3 Å². The molecule has 0 fully saturated rings. The Hall–Kier alpha value is -2.02. The zero-order valence-electron chi connectivity index (χ0n) is 9.84. The lowest BCUT2D eigenvalue weighted by Gasteiger charge is -2.15. The summed E-state index contributed by atoms with van der Waals surface area (Å²) in [6.07, 6.45) is -2.15. The van der Waals surface area contributed by atoms with Gasteiger partial charge in [-0.15, -0.1) is 0 Å². The average Bonchev–Trinajstić information content (AvgIpc) is 2.35. The third-order valence-electron chi connectivity index (χ3n) is 2.23. The molecule has 1 aromatic carbocycles. The molecule has 1 aromatic rings. The van der Waals surface area contributed by atoms with Crippen LogP contribution in [0.2, 0.25) is 0 Å². The first-order valence-electron chi connectivity index (χ1n) is 5.29. The smallest absolute Gasteiger partial charge is 0.310 e. The standard InChI is InChI=1S/C12H12F2O5/c13-6-18-9-3-1-2-8(4-9)12(19-7-14)10(15)5-11(16)17/h1-4,12H,5-7H2,(H,16,17). The van der Waals surface area contributed by atoms with Gasteiger partial charge in [0.15, 0.2) is 12.6 Å². The summed E-state index contributed by atoms with van der Waals surface area (Å²) < 4.78 is 33.5. The molecular weight excluding hydrogens is 262 g/mol. The topological polar surface area (TPSA) is 72.8 Å². The lowest BCUT2D eigenvalue weighted by Crippen LogP contribution is -2.19. The highest BCUT2D eigenvalue weighted by molar-refractivity contribution is 5.97. The van der Waals surface area contributed by atoms with Crippen LogP contribution in [0.4, 0.5) is 8.78 Å². The van der Waals surface area contributed by atoms with E-state index >= 15 is 0 Å². The molecule has 0 heterocycles. The molecule has 0 bridgehead atoms. The van der Waals surface area contributed by atoms with Gasteiger partial charge in [0, 0.05) is 0 Å². The minimum absolute atomic E-state index is 0.135. The van der Waals surface area contributed by atoms with Crippen LogP contribution in [0.15, 0.2) is 24.3 Å². The van der Waals surface area contributed by atoms with E-state index in [9.17, 15) is 18.4 Å². The molecule has 1 N–H and O–H groups in total. The second-order valence-corrected chi connectivity index (χ2v) is 3.52. The fraction of sp³-hybridized carbons (Fsp3) is 0.333. The fourth-order valence-electron chi connectivity index (χ4n) is 1.51. The van der Waals surface area contributed by atoms with E-state index in [1.54, 1.807) is 0 Å². The van der Waals surface area contributed by atoms with Crippen LogP contribution in [0, 0.1) is 0 Å². The maximum atomic E-state index is 12.3. The molecule has 19 heavy (non-hydrogen) atoms. The van der Waals surface area contributed by atoms with E-state index in [0.717, 1.165) is 0 Å². The summed E-state index contributed by atoms with van der Waals surface area (Å²) in [5.41, 5.74) is 0.204. The van der Waals surface area contributed by atoms with Crippen molar-refractivity contribution in [1.82, 2.24) is 0 Å². The molecule has 0 saturated carbocycles. The van der Waals surface area contributed by atoms with Crippen molar-refractivity contribution in [2.75, 3.05) is 13.7 Å². The zero-order chi connectivity index (χ0) is 14.3. The number of ether oxygens (including phenoxy) is 2. The Morgan fingerprint density at radius 2 is 2.00 bits per heavy atom. The molecule has 7 heteroatoms. The predicted molar refractivity (Wildman–Crippen MR) is 60.1 cm³/mol. The Labute approximate surface area is 107 Å². The quantitative estimate of drug-likeness (QED) is 0.734. The molecule has 5 nitrogen and oxygen atoms in total. The van der Waals surface area contributed by atoms with Gasteiger partial charge in [0.1, 0.15) is 18.3 Å². The van der Waals surface area contributed by atoms with Crippen molar-refractivity contribution < 1.29 is 33.0 Å². The summed E-state index contributed by atoms with van der Waals surface area (Å²) in [5, 5.41) is 8.54. The number of hydrogen-bond donors (Lipinski definition) is 1. The van der Waals surface area contributed by atoms with Gasteiger partial charge in [-0.25, -0.2) is 8.78 Å². The lowest BCUT2D eigenvalue weighted by molar-refractivity contribution is -0.145. The van der Waals surface area contributed by atoms with Crippen LogP contribution in [0.25, 0.3) is 0 Å². The van der Waals surface area contributed by atoms with Gasteiger partial charge in [-0.3, -0.25) is 9.59 Å². The number of aliphatic carboxylic acids is 1. The van der Waals surface area contributed by atoms with Gasteiger partial charge >= 0.3 is 5.97 Å². The number of carboxylic acid groups (broad SMARTS) is 1. The van der Waals surface area contributed by atoms with Crippen molar-refractivity contribution in [2.45, 2.75) is 12.5 Å². The highest BCUT2D eigenvalue weighted by atomic mass is 19.1. The summed E-state index contributed by atoms with van der Waals surface area (Å²) in [7, 11) is 0. The number of alkyl halides is 2. The van der Waals surface area contributed by atoms with Gasteiger partial charge in [0.05, 0.1) is 0 Å². The molecule has 0 amide bonds. The minimum atomic E-state index is -1.36. The number of carboxylic acids is 1. The maximum absolute atomic E-state index is 12.3. The number of carbonyl (C=O) groups is 2. The Balaban J connectivity index is 2.94. The molecule has 0 aliphatic heterocycles. The summed E-state index contributed by atoms with van der Waals surface area (Å²) >= 11 is 0. The van der Waals surface area contributed by atoms with Crippen LogP contribution in [-0.4, -0.2) is 30.6 Å². The molecular formula is C12H12F2O5. The highest BCUT2D eigenvalue weighted by Crippen LogP contribution is 2.24. The van der Waals surface area contributed by atoms with Crippen LogP contribution in [0.3, 0.4) is 0 Å². The van der Waals surface area contributed by atoms with Crippen molar-refractivity contribution >= 4 is 11.8 Å². The van der Waals surface area contributed by atoms with Crippen molar-refractivity contribution in [3.63, 3.8) is 0 Å². The second kappa shape index (κ2) is 7.42. The Morgan fingerprint density at radius 3 is 2.58 bits per heavy atom. The zero-order valence-corrected chi connectivity index (χ0v) is 9.84. The number of halogens is 2. The Kier molecular flexibility index (Phi) is 5.87. The van der Waals surface area contributed by atoms with Crippen molar-refractivity contribution in [3.05, 3.63) is 29.8 Å². The first-order chi connectivity index (χ1) is 9.08. The molecule has 0 aliphatic carbocycles.